The molecule has 1 aromatic rings. The number of rotatable bonds is 1. The molecule has 0 amide bonds. The van der Waals surface area contributed by atoms with Crippen molar-refractivity contribution in [1.29, 1.82) is 0 Å². The van der Waals surface area contributed by atoms with Crippen LogP contribution >= 0.6 is 11.6 Å². The van der Waals surface area contributed by atoms with E-state index in [0.717, 1.165) is 6.07 Å². The summed E-state index contributed by atoms with van der Waals surface area (Å²) >= 11 is 5.47. The van der Waals surface area contributed by atoms with Gasteiger partial charge in [0.15, 0.2) is 0 Å². The summed E-state index contributed by atoms with van der Waals surface area (Å²) in [6, 6.07) is 2.45. The lowest BCUT2D eigenvalue weighted by Crippen LogP contribution is -1.97. The third-order valence-corrected chi connectivity index (χ3v) is 1.55. The molecule has 0 spiro atoms. The lowest BCUT2D eigenvalue weighted by atomic mass is 10.2. The fourth-order valence-corrected chi connectivity index (χ4v) is 0.985. The molecule has 4 heteroatoms. The van der Waals surface area contributed by atoms with E-state index in [4.69, 9.17) is 17.3 Å². The maximum atomic E-state index is 12.7. The summed E-state index contributed by atoms with van der Waals surface area (Å²) < 4.78 is 12.7. The van der Waals surface area contributed by atoms with Gasteiger partial charge in [-0.2, -0.15) is 0 Å². The van der Waals surface area contributed by atoms with E-state index < -0.39 is 12.4 Å². The van der Waals surface area contributed by atoms with E-state index in [1.807, 2.05) is 0 Å². The van der Waals surface area contributed by atoms with Gasteiger partial charge in [0.05, 0.1) is 5.69 Å². The molecule has 0 fully saturated rings. The van der Waals surface area contributed by atoms with Crippen LogP contribution in [0.3, 0.4) is 0 Å². The highest BCUT2D eigenvalue weighted by molar-refractivity contribution is 6.30. The largest absolute Gasteiger partial charge is 0.396 e. The molecule has 0 aliphatic rings. The first kappa shape index (κ1) is 8.30. The van der Waals surface area contributed by atoms with Gasteiger partial charge in [0.1, 0.15) is 12.4 Å². The molecule has 2 nitrogen and oxygen atoms in total. The molecule has 0 saturated carbocycles. The monoisotopic (exact) mass is 174 g/mol. The number of hydrogen-bond donors (Lipinski definition) is 1. The van der Waals surface area contributed by atoms with Crippen LogP contribution in [-0.2, 0) is 11.7 Å². The van der Waals surface area contributed by atoms with Crippen LogP contribution in [0.25, 0.3) is 0 Å². The highest BCUT2D eigenvalue weighted by Gasteiger charge is 2.05. The summed E-state index contributed by atoms with van der Waals surface area (Å²) in [7, 11) is 0. The lowest BCUT2D eigenvalue weighted by molar-refractivity contribution is 0.178. The second-order valence-corrected chi connectivity index (χ2v) is 2.54. The SMILES string of the molecule is Nc1c(F)cc(Cl)cc1C[O]. The van der Waals surface area contributed by atoms with Crippen molar-refractivity contribution in [2.24, 2.45) is 0 Å². The van der Waals surface area contributed by atoms with E-state index in [-0.39, 0.29) is 16.3 Å². The average Bonchev–Trinajstić information content (AvgIpc) is 1.96. The van der Waals surface area contributed by atoms with E-state index >= 15 is 0 Å². The van der Waals surface area contributed by atoms with Crippen LogP contribution in [0.15, 0.2) is 12.1 Å². The third-order valence-electron chi connectivity index (χ3n) is 1.34. The van der Waals surface area contributed by atoms with Gasteiger partial charge in [0.25, 0.3) is 0 Å². The van der Waals surface area contributed by atoms with Crippen LogP contribution in [0, 0.1) is 5.82 Å². The predicted octanol–water partition coefficient (Wildman–Crippen LogP) is 1.99. The molecule has 0 unspecified atom stereocenters. The topological polar surface area (TPSA) is 45.9 Å². The Balaban J connectivity index is 3.24. The second-order valence-electron chi connectivity index (χ2n) is 2.10. The Morgan fingerprint density at radius 3 is 2.73 bits per heavy atom. The number of hydrogen-bond acceptors (Lipinski definition) is 1. The quantitative estimate of drug-likeness (QED) is 0.651. The minimum absolute atomic E-state index is 0.107. The smallest absolute Gasteiger partial charge is 0.147 e. The van der Waals surface area contributed by atoms with E-state index in [1.54, 1.807) is 0 Å². The number of anilines is 1. The molecule has 1 aromatic carbocycles. The van der Waals surface area contributed by atoms with E-state index in [2.05, 4.69) is 0 Å². The van der Waals surface area contributed by atoms with Gasteiger partial charge in [-0.1, -0.05) is 11.6 Å². The minimum atomic E-state index is -0.636. The predicted molar refractivity (Wildman–Crippen MR) is 40.2 cm³/mol. The molecular formula is C7H6ClFNO. The van der Waals surface area contributed by atoms with Crippen molar-refractivity contribution < 1.29 is 9.50 Å². The molecule has 1 rings (SSSR count). The van der Waals surface area contributed by atoms with Crippen LogP contribution in [0.2, 0.25) is 5.02 Å². The molecule has 0 aliphatic heterocycles. The van der Waals surface area contributed by atoms with Crippen molar-refractivity contribution in [3.63, 3.8) is 0 Å². The zero-order valence-corrected chi connectivity index (χ0v) is 6.36. The standard InChI is InChI=1S/C7H6ClFNO/c8-5-1-4(3-11)7(10)6(9)2-5/h1-2H,3,10H2. The highest BCUT2D eigenvalue weighted by Crippen LogP contribution is 2.21. The molecule has 0 atom stereocenters. The third kappa shape index (κ3) is 1.61. The van der Waals surface area contributed by atoms with Crippen molar-refractivity contribution in [1.82, 2.24) is 0 Å². The van der Waals surface area contributed by atoms with Crippen LogP contribution < -0.4 is 5.73 Å². The summed E-state index contributed by atoms with van der Waals surface area (Å²) in [5.74, 6) is -0.636. The molecule has 0 aromatic heterocycles. The Kier molecular flexibility index (Phi) is 2.31. The summed E-state index contributed by atoms with van der Waals surface area (Å²) in [5.41, 5.74) is 5.33. The first-order valence-electron chi connectivity index (χ1n) is 2.96. The lowest BCUT2D eigenvalue weighted by Gasteiger charge is -2.02. The number of halogens is 2. The van der Waals surface area contributed by atoms with Crippen molar-refractivity contribution >= 4 is 17.3 Å². The molecule has 0 aliphatic carbocycles. The Morgan fingerprint density at radius 2 is 2.18 bits per heavy atom. The number of nitrogen functional groups attached to an aromatic ring is 1. The van der Waals surface area contributed by atoms with Gasteiger partial charge < -0.3 is 5.73 Å². The summed E-state index contributed by atoms with van der Waals surface area (Å²) in [6.07, 6.45) is 0. The summed E-state index contributed by atoms with van der Waals surface area (Å²) in [6.45, 7) is -0.552. The molecule has 0 bridgehead atoms. The fraction of sp³-hybridized carbons (Fsp3) is 0.143. The first-order valence-corrected chi connectivity index (χ1v) is 3.34. The van der Waals surface area contributed by atoms with Crippen LogP contribution in [0.5, 0.6) is 0 Å². The van der Waals surface area contributed by atoms with Gasteiger partial charge in [-0.05, 0) is 12.1 Å². The van der Waals surface area contributed by atoms with Crippen molar-refractivity contribution in [3.8, 4) is 0 Å². The fourth-order valence-electron chi connectivity index (χ4n) is 0.757. The Morgan fingerprint density at radius 1 is 1.55 bits per heavy atom. The molecule has 2 N–H and O–H groups in total. The normalized spacial score (nSPS) is 10.1. The first-order chi connectivity index (χ1) is 5.15. The van der Waals surface area contributed by atoms with Crippen molar-refractivity contribution in [2.45, 2.75) is 6.61 Å². The minimum Gasteiger partial charge on any atom is -0.396 e. The van der Waals surface area contributed by atoms with E-state index in [1.165, 1.54) is 6.07 Å². The number of benzene rings is 1. The maximum absolute atomic E-state index is 12.7. The van der Waals surface area contributed by atoms with Crippen LogP contribution in [0.1, 0.15) is 5.56 Å². The van der Waals surface area contributed by atoms with Gasteiger partial charge in [0.2, 0.25) is 0 Å². The van der Waals surface area contributed by atoms with Crippen molar-refractivity contribution in [3.05, 3.63) is 28.5 Å². The van der Waals surface area contributed by atoms with Gasteiger partial charge >= 0.3 is 0 Å². The van der Waals surface area contributed by atoms with Crippen LogP contribution in [0.4, 0.5) is 10.1 Å². The summed E-state index contributed by atoms with van der Waals surface area (Å²) in [5, 5.41) is 10.5. The Bertz CT molecular complexity index is 277. The number of nitrogens with two attached hydrogens (primary N) is 1. The average molecular weight is 175 g/mol. The van der Waals surface area contributed by atoms with Gasteiger partial charge in [-0.25, -0.2) is 9.50 Å². The molecular weight excluding hydrogens is 169 g/mol. The highest BCUT2D eigenvalue weighted by atomic mass is 35.5. The van der Waals surface area contributed by atoms with Gasteiger partial charge in [0, 0.05) is 10.6 Å². The molecule has 1 radical (unpaired) electrons. The Hall–Kier alpha value is -0.800. The maximum Gasteiger partial charge on any atom is 0.147 e. The van der Waals surface area contributed by atoms with Gasteiger partial charge in [-0.15, -0.1) is 0 Å². The zero-order valence-electron chi connectivity index (χ0n) is 5.60. The molecule has 0 saturated heterocycles. The van der Waals surface area contributed by atoms with Crippen molar-refractivity contribution in [2.75, 3.05) is 5.73 Å². The molecule has 59 valence electrons. The van der Waals surface area contributed by atoms with Gasteiger partial charge in [-0.3, -0.25) is 0 Å². The van der Waals surface area contributed by atoms with E-state index in [0.29, 0.717) is 0 Å². The van der Waals surface area contributed by atoms with E-state index in [9.17, 15) is 9.50 Å². The summed E-state index contributed by atoms with van der Waals surface area (Å²) in [4.78, 5) is 0. The zero-order chi connectivity index (χ0) is 8.43. The second kappa shape index (κ2) is 3.07. The molecule has 0 heterocycles. The van der Waals surface area contributed by atoms with Crippen LogP contribution in [-0.4, -0.2) is 0 Å². The Labute approximate surface area is 68.4 Å². The molecule has 11 heavy (non-hydrogen) atoms.